The summed E-state index contributed by atoms with van der Waals surface area (Å²) in [5, 5.41) is 26.2. The van der Waals surface area contributed by atoms with Gasteiger partial charge in [-0.1, -0.05) is 0 Å². The Morgan fingerprint density at radius 1 is 0.267 bits per heavy atom. The first kappa shape index (κ1) is 87.1. The van der Waals surface area contributed by atoms with Crippen molar-refractivity contribution in [3.05, 3.63) is 71.3 Å². The number of carbonyl (C=O) groups is 9. The molecular weight excluding hydrogens is 1360 g/mol. The SMILES string of the molecule is COc1cc(C(=O)NCCCC(CCCNC(C)=O)C(=O)NCCCOc2cc(OCCCNC(=O)C(CCCNC(C)=O)CCCNC(=O)c3cc(OC)c(OC)c(OC)c3)cc(OCCCNC(=O)C(CCCNC(C)=O)CCCNC(=O)c3cc(OC)c(OC)c(OC)c3)c2)cc(OC)c1OC. The molecule has 0 spiro atoms. The van der Waals surface area contributed by atoms with Crippen molar-refractivity contribution in [2.75, 3.05) is 143 Å². The number of methoxy groups -OCH3 is 9. The van der Waals surface area contributed by atoms with Gasteiger partial charge in [0.25, 0.3) is 17.7 Å². The topological polar surface area (TPSA) is 373 Å². The van der Waals surface area contributed by atoms with Gasteiger partial charge in [-0.3, -0.25) is 43.2 Å². The molecule has 105 heavy (non-hydrogen) atoms. The van der Waals surface area contributed by atoms with E-state index in [4.69, 9.17) is 56.8 Å². The second-order valence-electron chi connectivity index (χ2n) is 24.5. The number of rotatable bonds is 54. The molecule has 4 rings (SSSR count). The quantitative estimate of drug-likeness (QED) is 0.0209. The number of ether oxygens (including phenoxy) is 12. The van der Waals surface area contributed by atoms with Gasteiger partial charge in [0.05, 0.1) is 83.8 Å². The van der Waals surface area contributed by atoms with Crippen LogP contribution in [0.5, 0.6) is 69.0 Å². The zero-order valence-corrected chi connectivity index (χ0v) is 63.1. The predicted octanol–water partition coefficient (Wildman–Crippen LogP) is 6.65. The number of hydrogen-bond acceptors (Lipinski definition) is 21. The lowest BCUT2D eigenvalue weighted by atomic mass is 9.96. The lowest BCUT2D eigenvalue weighted by Gasteiger charge is -2.18. The Morgan fingerprint density at radius 3 is 0.657 bits per heavy atom. The number of amides is 9. The minimum atomic E-state index is -0.414. The highest BCUT2D eigenvalue weighted by Gasteiger charge is 2.25. The van der Waals surface area contributed by atoms with Gasteiger partial charge in [-0.25, -0.2) is 0 Å². The van der Waals surface area contributed by atoms with Gasteiger partial charge in [0.15, 0.2) is 34.5 Å². The molecule has 4 aromatic rings. The zero-order valence-electron chi connectivity index (χ0n) is 63.1. The van der Waals surface area contributed by atoms with E-state index in [-0.39, 0.29) is 112 Å². The molecule has 4 aromatic carbocycles. The smallest absolute Gasteiger partial charge is 0.251 e. The summed E-state index contributed by atoms with van der Waals surface area (Å²) < 4.78 is 67.4. The van der Waals surface area contributed by atoms with E-state index in [0.29, 0.717) is 202 Å². The van der Waals surface area contributed by atoms with Crippen molar-refractivity contribution in [2.24, 2.45) is 17.8 Å². The van der Waals surface area contributed by atoms with Crippen molar-refractivity contribution in [1.82, 2.24) is 47.9 Å². The lowest BCUT2D eigenvalue weighted by molar-refractivity contribution is -0.126. The van der Waals surface area contributed by atoms with Crippen LogP contribution in [-0.4, -0.2) is 196 Å². The molecule has 0 aliphatic carbocycles. The molecule has 9 N–H and O–H groups in total. The van der Waals surface area contributed by atoms with E-state index in [0.717, 1.165) is 0 Å². The predicted molar refractivity (Wildman–Crippen MR) is 393 cm³/mol. The van der Waals surface area contributed by atoms with E-state index >= 15 is 0 Å². The minimum absolute atomic E-state index is 0.171. The van der Waals surface area contributed by atoms with Gasteiger partial charge in [0.1, 0.15) is 17.2 Å². The molecule has 0 radical (unpaired) electrons. The van der Waals surface area contributed by atoms with E-state index in [9.17, 15) is 43.2 Å². The maximum atomic E-state index is 13.7. The zero-order chi connectivity index (χ0) is 76.9. The molecule has 0 aromatic heterocycles. The first-order valence-corrected chi connectivity index (χ1v) is 35.5. The average Bonchev–Trinajstić information content (AvgIpc) is 0.836. The van der Waals surface area contributed by atoms with Crippen molar-refractivity contribution in [2.45, 2.75) is 117 Å². The first-order valence-electron chi connectivity index (χ1n) is 35.5. The Kier molecular flexibility index (Phi) is 41.0. The standard InChI is InChI=1S/C75H111N9O21/c1-49(85)76-28-13-22-52(25-16-31-79-73(91)55-40-61(94-4)67(100-10)62(41-55)95-5)70(88)82-34-19-37-103-58-46-59(104-38-20-35-83-71(89)53(23-14-29-77-50(2)86)26-17-32-80-74(92)56-42-63(96-6)68(101-11)64(43-56)97-7)48-60(47-58)105-39-21-36-84-72(90)54(24-15-30-78-51(3)87)27-18-33-81-75(93)57-44-65(98-8)69(102-12)66(45-57)99-9/h40-48,52-54H,13-39H2,1-12H3,(H,76,85)(H,77,86)(H,78,87)(H,79,91)(H,80,92)(H,81,93)(H,82,88)(H,83,89)(H,84,90). The molecule has 9 amide bonds. The summed E-state index contributed by atoms with van der Waals surface area (Å²) in [5.74, 6) is 0.990. The van der Waals surface area contributed by atoms with E-state index in [1.165, 1.54) is 84.8 Å². The molecule has 30 nitrogen and oxygen atoms in total. The van der Waals surface area contributed by atoms with Crippen LogP contribution in [0.25, 0.3) is 0 Å². The lowest BCUT2D eigenvalue weighted by Crippen LogP contribution is -2.33. The Morgan fingerprint density at radius 2 is 0.467 bits per heavy atom. The average molecular weight is 1470 g/mol. The summed E-state index contributed by atoms with van der Waals surface area (Å²) >= 11 is 0. The second kappa shape index (κ2) is 49.4. The fourth-order valence-electron chi connectivity index (χ4n) is 11.3. The van der Waals surface area contributed by atoms with Crippen LogP contribution < -0.4 is 105 Å². The van der Waals surface area contributed by atoms with E-state index in [2.05, 4.69) is 47.9 Å². The molecule has 0 fully saturated rings. The Hall–Kier alpha value is -10.3. The van der Waals surface area contributed by atoms with Crippen molar-refractivity contribution in [1.29, 1.82) is 0 Å². The van der Waals surface area contributed by atoms with Gasteiger partial charge in [-0.2, -0.15) is 0 Å². The van der Waals surface area contributed by atoms with E-state index in [1.807, 2.05) is 0 Å². The van der Waals surface area contributed by atoms with Crippen molar-refractivity contribution in [3.63, 3.8) is 0 Å². The fraction of sp³-hybridized carbons (Fsp3) is 0.560. The van der Waals surface area contributed by atoms with Crippen LogP contribution in [0, 0.1) is 17.8 Å². The third-order valence-electron chi connectivity index (χ3n) is 16.8. The molecule has 0 heterocycles. The van der Waals surface area contributed by atoms with Crippen LogP contribution in [-0.2, 0) is 28.8 Å². The Balaban J connectivity index is 1.40. The summed E-state index contributed by atoms with van der Waals surface area (Å²) in [5.41, 5.74) is 0.930. The number of benzene rings is 4. The third-order valence-corrected chi connectivity index (χ3v) is 16.8. The van der Waals surface area contributed by atoms with Gasteiger partial charge in [0.2, 0.25) is 52.7 Å². The van der Waals surface area contributed by atoms with Crippen LogP contribution >= 0.6 is 0 Å². The maximum absolute atomic E-state index is 13.7. The largest absolute Gasteiger partial charge is 0.493 e. The summed E-state index contributed by atoms with van der Waals surface area (Å²) in [6.07, 6.45) is 7.29. The number of nitrogens with one attached hydrogen (secondary N) is 9. The molecule has 3 atom stereocenters. The van der Waals surface area contributed by atoms with Crippen LogP contribution in [0.3, 0.4) is 0 Å². The van der Waals surface area contributed by atoms with Crippen molar-refractivity contribution < 1.29 is 100.0 Å². The monoisotopic (exact) mass is 1470 g/mol. The molecular formula is C75H111N9O21. The molecule has 582 valence electrons. The van der Waals surface area contributed by atoms with Crippen LogP contribution in [0.4, 0.5) is 0 Å². The van der Waals surface area contributed by atoms with Gasteiger partial charge >= 0.3 is 0 Å². The fourth-order valence-corrected chi connectivity index (χ4v) is 11.3. The summed E-state index contributed by atoms with van der Waals surface area (Å²) in [4.78, 5) is 116. The normalized spacial score (nSPS) is 11.5. The third kappa shape index (κ3) is 31.7. The molecule has 0 bridgehead atoms. The molecule has 0 aliphatic heterocycles. The Labute approximate surface area is 616 Å². The van der Waals surface area contributed by atoms with E-state index < -0.39 is 17.8 Å². The summed E-state index contributed by atoms with van der Waals surface area (Å²) in [7, 11) is 13.2. The summed E-state index contributed by atoms with van der Waals surface area (Å²) in [6, 6.07) is 14.5. The molecule has 3 unspecified atom stereocenters. The molecule has 0 aliphatic rings. The first-order chi connectivity index (χ1) is 50.7. The highest BCUT2D eigenvalue weighted by atomic mass is 16.5. The van der Waals surface area contributed by atoms with E-state index in [1.54, 1.807) is 54.6 Å². The van der Waals surface area contributed by atoms with Gasteiger partial charge < -0.3 is 105 Å². The minimum Gasteiger partial charge on any atom is -0.493 e. The van der Waals surface area contributed by atoms with Crippen molar-refractivity contribution in [3.8, 4) is 69.0 Å². The Bertz CT molecular complexity index is 2980. The molecule has 0 saturated heterocycles. The van der Waals surface area contributed by atoms with Crippen LogP contribution in [0.2, 0.25) is 0 Å². The van der Waals surface area contributed by atoms with Crippen molar-refractivity contribution >= 4 is 53.2 Å². The highest BCUT2D eigenvalue weighted by Crippen LogP contribution is 2.41. The number of hydrogen-bond donors (Lipinski definition) is 9. The highest BCUT2D eigenvalue weighted by molar-refractivity contribution is 5.97. The number of carbonyl (C=O) groups excluding carboxylic acids is 9. The van der Waals surface area contributed by atoms with Gasteiger partial charge in [0, 0.05) is 132 Å². The summed E-state index contributed by atoms with van der Waals surface area (Å²) in [6.45, 7) is 7.78. The van der Waals surface area contributed by atoms with Crippen LogP contribution in [0.15, 0.2) is 54.6 Å². The second-order valence-corrected chi connectivity index (χ2v) is 24.5. The maximum Gasteiger partial charge on any atom is 0.251 e. The van der Waals surface area contributed by atoms with Gasteiger partial charge in [-0.15, -0.1) is 0 Å². The van der Waals surface area contributed by atoms with Crippen LogP contribution in [0.1, 0.15) is 148 Å². The molecule has 0 saturated carbocycles. The van der Waals surface area contributed by atoms with Gasteiger partial charge in [-0.05, 0) is 133 Å². The molecule has 30 heteroatoms.